The van der Waals surface area contributed by atoms with E-state index in [2.05, 4.69) is 15.3 Å². The molecule has 1 heterocycles. The van der Waals surface area contributed by atoms with Gasteiger partial charge in [0.15, 0.2) is 0 Å². The van der Waals surface area contributed by atoms with Crippen molar-refractivity contribution in [2.45, 2.75) is 19.5 Å². The minimum absolute atomic E-state index is 0.110. The molecule has 4 rings (SSSR count). The number of carbonyl (C=O) groups is 2. The van der Waals surface area contributed by atoms with Crippen molar-refractivity contribution in [3.8, 4) is 5.75 Å². The lowest BCUT2D eigenvalue weighted by Crippen LogP contribution is -2.41. The van der Waals surface area contributed by atoms with Gasteiger partial charge in [-0.05, 0) is 54.4 Å². The van der Waals surface area contributed by atoms with Crippen molar-refractivity contribution in [3.63, 3.8) is 0 Å². The molecule has 36 heavy (non-hydrogen) atoms. The number of carbonyl (C=O) groups excluding carboxylic acids is 2. The smallest absolute Gasteiger partial charge is 0.275 e. The molecule has 2 amide bonds. The highest BCUT2D eigenvalue weighted by Gasteiger charge is 2.33. The number of hydrogen-bond acceptors (Lipinski definition) is 5. The van der Waals surface area contributed by atoms with Crippen LogP contribution in [-0.2, 0) is 11.3 Å². The largest absolute Gasteiger partial charge is 0.494 e. The summed E-state index contributed by atoms with van der Waals surface area (Å²) in [6.07, 6.45) is 4.27. The van der Waals surface area contributed by atoms with Crippen molar-refractivity contribution >= 4 is 17.5 Å². The van der Waals surface area contributed by atoms with Crippen LogP contribution in [0.15, 0.2) is 97.5 Å². The molecule has 182 valence electrons. The van der Waals surface area contributed by atoms with Crippen LogP contribution in [-0.4, -0.2) is 33.3 Å². The van der Waals surface area contributed by atoms with Crippen LogP contribution in [0.5, 0.6) is 5.75 Å². The van der Waals surface area contributed by atoms with Gasteiger partial charge in [-0.3, -0.25) is 14.6 Å². The fourth-order valence-electron chi connectivity index (χ4n) is 3.75. The first kappa shape index (κ1) is 24.5. The first-order chi connectivity index (χ1) is 17.5. The van der Waals surface area contributed by atoms with Crippen molar-refractivity contribution in [1.82, 2.24) is 14.9 Å². The van der Waals surface area contributed by atoms with Crippen LogP contribution in [0.2, 0.25) is 0 Å². The Labute approximate surface area is 208 Å². The Bertz CT molecular complexity index is 1280. The second kappa shape index (κ2) is 11.7. The van der Waals surface area contributed by atoms with Crippen LogP contribution in [0.3, 0.4) is 0 Å². The maximum absolute atomic E-state index is 13.7. The highest BCUT2D eigenvalue weighted by atomic mass is 19.1. The summed E-state index contributed by atoms with van der Waals surface area (Å²) in [6, 6.07) is 20.8. The van der Waals surface area contributed by atoms with Crippen LogP contribution in [0.25, 0.3) is 0 Å². The molecule has 4 aromatic rings. The molecule has 0 aliphatic rings. The molecule has 0 unspecified atom stereocenters. The molecule has 0 spiro atoms. The molecule has 8 heteroatoms. The Morgan fingerprint density at radius 3 is 2.33 bits per heavy atom. The van der Waals surface area contributed by atoms with Crippen LogP contribution in [0, 0.1) is 5.82 Å². The van der Waals surface area contributed by atoms with Gasteiger partial charge in [-0.15, -0.1) is 0 Å². The lowest BCUT2D eigenvalue weighted by Gasteiger charge is -2.31. The monoisotopic (exact) mass is 484 g/mol. The van der Waals surface area contributed by atoms with Crippen LogP contribution >= 0.6 is 0 Å². The number of hydrogen-bond donors (Lipinski definition) is 1. The van der Waals surface area contributed by atoms with Gasteiger partial charge in [0.05, 0.1) is 12.8 Å². The molecule has 0 saturated heterocycles. The second-order valence-corrected chi connectivity index (χ2v) is 7.91. The highest BCUT2D eigenvalue weighted by Crippen LogP contribution is 2.28. The molecule has 1 atom stereocenters. The number of aromatic nitrogens is 2. The predicted octanol–water partition coefficient (Wildman–Crippen LogP) is 5.04. The summed E-state index contributed by atoms with van der Waals surface area (Å²) < 4.78 is 19.0. The van der Waals surface area contributed by atoms with Crippen LogP contribution in [0.4, 0.5) is 10.1 Å². The average molecular weight is 485 g/mol. The molecular formula is C28H25FN4O3. The normalized spacial score (nSPS) is 11.4. The van der Waals surface area contributed by atoms with Gasteiger partial charge in [0, 0.05) is 24.6 Å². The molecule has 0 aliphatic carbocycles. The summed E-state index contributed by atoms with van der Waals surface area (Å²) >= 11 is 0. The number of anilines is 1. The van der Waals surface area contributed by atoms with Gasteiger partial charge < -0.3 is 15.0 Å². The summed E-state index contributed by atoms with van der Waals surface area (Å²) in [7, 11) is 0. The first-order valence-electron chi connectivity index (χ1n) is 11.4. The zero-order valence-electron chi connectivity index (χ0n) is 19.7. The fourth-order valence-corrected chi connectivity index (χ4v) is 3.75. The van der Waals surface area contributed by atoms with Gasteiger partial charge in [0.1, 0.15) is 23.3 Å². The van der Waals surface area contributed by atoms with Crippen molar-refractivity contribution in [2.24, 2.45) is 0 Å². The molecule has 7 nitrogen and oxygen atoms in total. The number of nitrogens with one attached hydrogen (secondary N) is 1. The van der Waals surface area contributed by atoms with E-state index in [-0.39, 0.29) is 12.2 Å². The number of benzene rings is 3. The van der Waals surface area contributed by atoms with Gasteiger partial charge in [0.2, 0.25) is 0 Å². The maximum Gasteiger partial charge on any atom is 0.275 e. The minimum atomic E-state index is -1.03. The van der Waals surface area contributed by atoms with E-state index in [1.54, 1.807) is 24.3 Å². The van der Waals surface area contributed by atoms with Crippen molar-refractivity contribution in [2.75, 3.05) is 11.9 Å². The van der Waals surface area contributed by atoms with Gasteiger partial charge in [0.25, 0.3) is 11.8 Å². The second-order valence-electron chi connectivity index (χ2n) is 7.91. The molecule has 0 aliphatic heterocycles. The van der Waals surface area contributed by atoms with Gasteiger partial charge in [-0.1, -0.05) is 42.5 Å². The Hall–Kier alpha value is -4.59. The summed E-state index contributed by atoms with van der Waals surface area (Å²) in [5.74, 6) is -0.688. The molecule has 1 N–H and O–H groups in total. The summed E-state index contributed by atoms with van der Waals surface area (Å²) in [5, 5.41) is 2.81. The third-order valence-electron chi connectivity index (χ3n) is 5.42. The standard InChI is InChI=1S/C28H25FN4O3/c1-2-36-24-14-8-21(9-15-24)26(27(34)32-23-12-10-22(29)11-13-23)33(19-20-6-4-3-5-7-20)28(35)25-18-30-16-17-31-25/h3-18,26H,2,19H2,1H3,(H,32,34)/t26-/m0/s1. The quantitative estimate of drug-likeness (QED) is 0.360. The molecule has 0 fully saturated rings. The van der Waals surface area contributed by atoms with E-state index < -0.39 is 23.7 Å². The lowest BCUT2D eigenvalue weighted by atomic mass is 10.0. The molecule has 1 aromatic heterocycles. The third kappa shape index (κ3) is 6.09. The summed E-state index contributed by atoms with van der Waals surface area (Å²) in [5.41, 5.74) is 1.93. The van der Waals surface area contributed by atoms with E-state index in [0.717, 1.165) is 5.56 Å². The van der Waals surface area contributed by atoms with Crippen LogP contribution in [0.1, 0.15) is 34.6 Å². The topological polar surface area (TPSA) is 84.4 Å². The summed E-state index contributed by atoms with van der Waals surface area (Å²) in [4.78, 5) is 37.0. The van der Waals surface area contributed by atoms with Crippen molar-refractivity contribution in [1.29, 1.82) is 0 Å². The Balaban J connectivity index is 1.77. The molecule has 0 bridgehead atoms. The molecule has 0 saturated carbocycles. The van der Waals surface area contributed by atoms with Gasteiger partial charge in [-0.2, -0.15) is 0 Å². The molecular weight excluding hydrogens is 459 g/mol. The molecule has 0 radical (unpaired) electrons. The Morgan fingerprint density at radius 2 is 1.69 bits per heavy atom. The number of nitrogens with zero attached hydrogens (tertiary/aromatic N) is 3. The number of amides is 2. The predicted molar refractivity (Wildman–Crippen MR) is 134 cm³/mol. The van der Waals surface area contributed by atoms with Crippen molar-refractivity contribution in [3.05, 3.63) is 120 Å². The lowest BCUT2D eigenvalue weighted by molar-refractivity contribution is -0.121. The van der Waals surface area contributed by atoms with Crippen LogP contribution < -0.4 is 10.1 Å². The average Bonchev–Trinajstić information content (AvgIpc) is 2.91. The zero-order chi connectivity index (χ0) is 25.3. The number of halogens is 1. The fraction of sp³-hybridized carbons (Fsp3) is 0.143. The third-order valence-corrected chi connectivity index (χ3v) is 5.42. The maximum atomic E-state index is 13.7. The van der Waals surface area contributed by atoms with Gasteiger partial charge in [-0.25, -0.2) is 9.37 Å². The van der Waals surface area contributed by atoms with E-state index in [0.29, 0.717) is 23.6 Å². The summed E-state index contributed by atoms with van der Waals surface area (Å²) in [6.45, 7) is 2.53. The van der Waals surface area contributed by atoms with Gasteiger partial charge >= 0.3 is 0 Å². The zero-order valence-corrected chi connectivity index (χ0v) is 19.7. The number of ether oxygens (including phenoxy) is 1. The Kier molecular flexibility index (Phi) is 7.97. The Morgan fingerprint density at radius 1 is 0.972 bits per heavy atom. The van der Waals surface area contributed by atoms with E-state index in [9.17, 15) is 14.0 Å². The van der Waals surface area contributed by atoms with E-state index >= 15 is 0 Å². The van der Waals surface area contributed by atoms with E-state index in [1.165, 1.54) is 47.8 Å². The van der Waals surface area contributed by atoms with E-state index in [4.69, 9.17) is 4.74 Å². The molecule has 3 aromatic carbocycles. The van der Waals surface area contributed by atoms with Crippen molar-refractivity contribution < 1.29 is 18.7 Å². The minimum Gasteiger partial charge on any atom is -0.494 e. The number of rotatable bonds is 9. The van der Waals surface area contributed by atoms with E-state index in [1.807, 2.05) is 37.3 Å². The SMILES string of the molecule is CCOc1ccc([C@@H](C(=O)Nc2ccc(F)cc2)N(Cc2ccccc2)C(=O)c2cnccn2)cc1. The first-order valence-corrected chi connectivity index (χ1v) is 11.4. The highest BCUT2D eigenvalue weighted by molar-refractivity contribution is 6.00.